The third-order valence-electron chi connectivity index (χ3n) is 2.78. The molecule has 0 N–H and O–H groups in total. The van der Waals surface area contributed by atoms with Gasteiger partial charge in [-0.05, 0) is 18.2 Å². The first-order valence-corrected chi connectivity index (χ1v) is 6.10. The lowest BCUT2D eigenvalue weighted by molar-refractivity contribution is -0.384. The number of anilines is 2. The van der Waals surface area contributed by atoms with Crippen LogP contribution in [-0.2, 0) is 0 Å². The van der Waals surface area contributed by atoms with Gasteiger partial charge in [-0.3, -0.25) is 10.1 Å². The van der Waals surface area contributed by atoms with E-state index in [1.165, 1.54) is 19.2 Å². The van der Waals surface area contributed by atoms with Crippen LogP contribution in [0.25, 0.3) is 0 Å². The van der Waals surface area contributed by atoms with Crippen molar-refractivity contribution in [2.45, 2.75) is 0 Å². The Balaban J connectivity index is 2.55. The van der Waals surface area contributed by atoms with Gasteiger partial charge >= 0.3 is 5.69 Å². The summed E-state index contributed by atoms with van der Waals surface area (Å²) >= 11 is 5.84. The molecule has 0 aliphatic heterocycles. The number of halogens is 1. The second kappa shape index (κ2) is 5.75. The van der Waals surface area contributed by atoms with Crippen LogP contribution < -0.4 is 9.64 Å². The van der Waals surface area contributed by atoms with Gasteiger partial charge in [0.2, 0.25) is 5.82 Å². The Morgan fingerprint density at radius 2 is 2.00 bits per heavy atom. The number of hydrogen-bond acceptors (Lipinski definition) is 5. The molecule has 0 radical (unpaired) electrons. The van der Waals surface area contributed by atoms with Crippen molar-refractivity contribution >= 4 is 28.8 Å². The second-order valence-electron chi connectivity index (χ2n) is 3.96. The molecule has 0 aliphatic carbocycles. The molecule has 0 saturated heterocycles. The predicted molar refractivity (Wildman–Crippen MR) is 77.0 cm³/mol. The highest BCUT2D eigenvalue weighted by molar-refractivity contribution is 6.29. The summed E-state index contributed by atoms with van der Waals surface area (Å²) in [6.45, 7) is 0. The molecule has 0 aliphatic rings. The number of methoxy groups -OCH3 is 1. The van der Waals surface area contributed by atoms with Crippen molar-refractivity contribution in [3.8, 4) is 5.75 Å². The molecule has 104 valence electrons. The fourth-order valence-electron chi connectivity index (χ4n) is 1.83. The molecule has 1 aromatic carbocycles. The number of benzene rings is 1. The number of ether oxygens (including phenoxy) is 1. The maximum atomic E-state index is 11.1. The molecule has 0 spiro atoms. The number of rotatable bonds is 4. The van der Waals surface area contributed by atoms with E-state index in [9.17, 15) is 10.1 Å². The highest BCUT2D eigenvalue weighted by Crippen LogP contribution is 2.36. The molecule has 6 nitrogen and oxygen atoms in total. The van der Waals surface area contributed by atoms with Crippen LogP contribution in [-0.4, -0.2) is 24.1 Å². The van der Waals surface area contributed by atoms with E-state index in [-0.39, 0.29) is 16.7 Å². The number of nitrogens with zero attached hydrogens (tertiary/aromatic N) is 3. The first-order chi connectivity index (χ1) is 9.54. The van der Waals surface area contributed by atoms with Crippen molar-refractivity contribution < 1.29 is 9.66 Å². The molecule has 1 heterocycles. The smallest absolute Gasteiger partial charge is 0.312 e. The summed E-state index contributed by atoms with van der Waals surface area (Å²) in [5.41, 5.74) is 0.538. The van der Waals surface area contributed by atoms with E-state index < -0.39 is 4.92 Å². The lowest BCUT2D eigenvalue weighted by atomic mass is 10.2. The van der Waals surface area contributed by atoms with Crippen molar-refractivity contribution in [3.63, 3.8) is 0 Å². The fraction of sp³-hybridized carbons (Fsp3) is 0.154. The Bertz CT molecular complexity index is 649. The summed E-state index contributed by atoms with van der Waals surface area (Å²) < 4.78 is 5.25. The molecule has 0 saturated carbocycles. The van der Waals surface area contributed by atoms with Gasteiger partial charge in [0, 0.05) is 13.1 Å². The number of para-hydroxylation sites is 2. The third-order valence-corrected chi connectivity index (χ3v) is 2.99. The minimum Gasteiger partial charge on any atom is -0.495 e. The van der Waals surface area contributed by atoms with E-state index in [1.807, 2.05) is 12.1 Å². The van der Waals surface area contributed by atoms with Crippen molar-refractivity contribution in [2.75, 3.05) is 19.1 Å². The molecule has 1 aromatic heterocycles. The van der Waals surface area contributed by atoms with E-state index in [2.05, 4.69) is 4.98 Å². The summed E-state index contributed by atoms with van der Waals surface area (Å²) in [5.74, 6) is 0.748. The third kappa shape index (κ3) is 2.65. The van der Waals surface area contributed by atoms with E-state index in [0.29, 0.717) is 11.4 Å². The topological polar surface area (TPSA) is 68.5 Å². The van der Waals surface area contributed by atoms with Crippen molar-refractivity contribution in [1.29, 1.82) is 0 Å². The van der Waals surface area contributed by atoms with E-state index >= 15 is 0 Å². The maximum Gasteiger partial charge on any atom is 0.312 e. The van der Waals surface area contributed by atoms with Gasteiger partial charge in [0.15, 0.2) is 0 Å². The van der Waals surface area contributed by atoms with Gasteiger partial charge in [-0.15, -0.1) is 0 Å². The van der Waals surface area contributed by atoms with Crippen LogP contribution in [0, 0.1) is 10.1 Å². The number of nitro groups is 1. The molecular weight excluding hydrogens is 282 g/mol. The zero-order valence-corrected chi connectivity index (χ0v) is 11.7. The van der Waals surface area contributed by atoms with Crippen molar-refractivity contribution in [1.82, 2.24) is 4.98 Å². The van der Waals surface area contributed by atoms with Crippen LogP contribution in [0.5, 0.6) is 5.75 Å². The summed E-state index contributed by atoms with van der Waals surface area (Å²) in [6.07, 6.45) is 0. The minimum absolute atomic E-state index is 0.122. The Hall–Kier alpha value is -2.34. The molecule has 0 amide bonds. The number of aromatic nitrogens is 1. The van der Waals surface area contributed by atoms with E-state index in [1.54, 1.807) is 24.1 Å². The molecule has 0 bridgehead atoms. The lowest BCUT2D eigenvalue weighted by Gasteiger charge is -2.20. The van der Waals surface area contributed by atoms with Crippen molar-refractivity contribution in [2.24, 2.45) is 0 Å². The van der Waals surface area contributed by atoms with Crippen molar-refractivity contribution in [3.05, 3.63) is 51.7 Å². The van der Waals surface area contributed by atoms with E-state index in [4.69, 9.17) is 16.3 Å². The summed E-state index contributed by atoms with van der Waals surface area (Å²) in [4.78, 5) is 16.2. The fourth-order valence-corrected chi connectivity index (χ4v) is 1.97. The summed E-state index contributed by atoms with van der Waals surface area (Å²) in [6, 6.07) is 9.89. The van der Waals surface area contributed by atoms with Crippen LogP contribution in [0.2, 0.25) is 5.15 Å². The minimum atomic E-state index is -0.495. The zero-order valence-electron chi connectivity index (χ0n) is 10.9. The average Bonchev–Trinajstić information content (AvgIpc) is 2.46. The normalized spacial score (nSPS) is 10.2. The standard InChI is InChI=1S/C13H12ClN3O3/c1-16(9-5-3-4-6-11(9)20-2)13-10(17(18)19)7-8-12(14)15-13/h3-8H,1-2H3. The molecular formula is C13H12ClN3O3. The van der Waals surface area contributed by atoms with Crippen LogP contribution >= 0.6 is 11.6 Å². The Morgan fingerprint density at radius 3 is 2.65 bits per heavy atom. The predicted octanol–water partition coefficient (Wildman–Crippen LogP) is 3.42. The van der Waals surface area contributed by atoms with Gasteiger partial charge in [0.25, 0.3) is 0 Å². The van der Waals surface area contributed by atoms with Gasteiger partial charge < -0.3 is 9.64 Å². The van der Waals surface area contributed by atoms with Gasteiger partial charge in [-0.25, -0.2) is 4.98 Å². The van der Waals surface area contributed by atoms with E-state index in [0.717, 1.165) is 0 Å². The Kier molecular flexibility index (Phi) is 4.05. The maximum absolute atomic E-state index is 11.1. The SMILES string of the molecule is COc1ccccc1N(C)c1nc(Cl)ccc1[N+](=O)[O-]. The molecule has 7 heteroatoms. The second-order valence-corrected chi connectivity index (χ2v) is 4.35. The average molecular weight is 294 g/mol. The molecule has 20 heavy (non-hydrogen) atoms. The molecule has 2 rings (SSSR count). The largest absolute Gasteiger partial charge is 0.495 e. The van der Waals surface area contributed by atoms with Gasteiger partial charge in [0.05, 0.1) is 17.7 Å². The van der Waals surface area contributed by atoms with Gasteiger partial charge in [-0.2, -0.15) is 0 Å². The monoisotopic (exact) mass is 293 g/mol. The van der Waals surface area contributed by atoms with Gasteiger partial charge in [0.1, 0.15) is 10.9 Å². The molecule has 2 aromatic rings. The first kappa shape index (κ1) is 14.1. The van der Waals surface area contributed by atoms with Crippen LogP contribution in [0.3, 0.4) is 0 Å². The highest BCUT2D eigenvalue weighted by atomic mass is 35.5. The van der Waals surface area contributed by atoms with Gasteiger partial charge in [-0.1, -0.05) is 23.7 Å². The summed E-state index contributed by atoms with van der Waals surface area (Å²) in [5, 5.41) is 11.3. The molecule has 0 atom stereocenters. The van der Waals surface area contributed by atoms with Crippen LogP contribution in [0.15, 0.2) is 36.4 Å². The number of pyridine rings is 1. The molecule has 0 unspecified atom stereocenters. The Morgan fingerprint density at radius 1 is 1.30 bits per heavy atom. The highest BCUT2D eigenvalue weighted by Gasteiger charge is 2.22. The molecule has 0 fully saturated rings. The van der Waals surface area contributed by atoms with Crippen LogP contribution in [0.4, 0.5) is 17.2 Å². The van der Waals surface area contributed by atoms with Crippen LogP contribution in [0.1, 0.15) is 0 Å². The number of hydrogen-bond donors (Lipinski definition) is 0. The quantitative estimate of drug-likeness (QED) is 0.491. The lowest BCUT2D eigenvalue weighted by Crippen LogP contribution is -2.14. The summed E-state index contributed by atoms with van der Waals surface area (Å²) in [7, 11) is 3.20. The zero-order chi connectivity index (χ0) is 14.7. The Labute approximate surface area is 120 Å². The first-order valence-electron chi connectivity index (χ1n) is 5.72.